The van der Waals surface area contributed by atoms with Crippen LogP contribution in [-0.2, 0) is 4.79 Å². The third-order valence-electron chi connectivity index (χ3n) is 5.57. The monoisotopic (exact) mass is 534 g/mol. The Labute approximate surface area is 224 Å². The first-order valence-electron chi connectivity index (χ1n) is 11.5. The molecule has 0 aliphatic heterocycles. The van der Waals surface area contributed by atoms with Gasteiger partial charge in [0.1, 0.15) is 11.4 Å². The van der Waals surface area contributed by atoms with Crippen LogP contribution in [-0.4, -0.2) is 54.5 Å². The highest BCUT2D eigenvalue weighted by Gasteiger charge is 2.24. The topological polar surface area (TPSA) is 122 Å². The molecule has 4 aromatic rings. The predicted octanol–water partition coefficient (Wildman–Crippen LogP) is 3.64. The summed E-state index contributed by atoms with van der Waals surface area (Å²) in [7, 11) is 4.50. The van der Waals surface area contributed by atoms with Crippen LogP contribution in [0.25, 0.3) is 17.1 Å². The second-order valence-corrected chi connectivity index (χ2v) is 9.05. The number of nitrogens with one attached hydrogen (secondary N) is 2. The van der Waals surface area contributed by atoms with Gasteiger partial charge in [0.25, 0.3) is 11.7 Å². The minimum absolute atomic E-state index is 0.0817. The fourth-order valence-corrected chi connectivity index (χ4v) is 4.36. The molecule has 0 aliphatic carbocycles. The van der Waals surface area contributed by atoms with Crippen LogP contribution in [0, 0.1) is 6.92 Å². The minimum Gasteiger partial charge on any atom is -0.502 e. The molecular weight excluding hydrogens is 506 g/mol. The first-order valence-corrected chi connectivity index (χ1v) is 12.5. The molecule has 1 heterocycles. The number of rotatable bonds is 10. The Morgan fingerprint density at radius 2 is 1.71 bits per heavy atom. The number of nitrogens with zero attached hydrogens (tertiary/aromatic N) is 3. The van der Waals surface area contributed by atoms with Gasteiger partial charge in [-0.05, 0) is 67.2 Å². The number of aromatic hydroxyl groups is 1. The van der Waals surface area contributed by atoms with Crippen molar-refractivity contribution in [2.24, 2.45) is 5.10 Å². The molecule has 0 saturated carbocycles. The van der Waals surface area contributed by atoms with Crippen molar-refractivity contribution in [3.8, 4) is 40.1 Å². The normalized spacial score (nSPS) is 10.9. The Kier molecular flexibility index (Phi) is 8.49. The number of hydrogen-bond acceptors (Lipinski definition) is 8. The molecule has 0 atom stereocenters. The van der Waals surface area contributed by atoms with Crippen molar-refractivity contribution in [3.63, 3.8) is 0 Å². The molecule has 0 fully saturated rings. The highest BCUT2D eigenvalue weighted by atomic mass is 32.2. The van der Waals surface area contributed by atoms with E-state index in [4.69, 9.17) is 14.2 Å². The van der Waals surface area contributed by atoms with Crippen molar-refractivity contribution in [2.75, 3.05) is 27.1 Å². The van der Waals surface area contributed by atoms with Gasteiger partial charge < -0.3 is 19.3 Å². The molecule has 3 aromatic carbocycles. The lowest BCUT2D eigenvalue weighted by molar-refractivity contribution is -0.625. The van der Waals surface area contributed by atoms with Gasteiger partial charge >= 0.3 is 5.16 Å². The van der Waals surface area contributed by atoms with Gasteiger partial charge in [-0.1, -0.05) is 17.7 Å². The van der Waals surface area contributed by atoms with Gasteiger partial charge in [0.2, 0.25) is 5.75 Å². The molecule has 0 aliphatic rings. The average Bonchev–Trinajstić information content (AvgIpc) is 3.37. The Balaban J connectivity index is 1.50. The number of benzene rings is 3. The lowest BCUT2D eigenvalue weighted by Crippen LogP contribution is -2.34. The Hall–Kier alpha value is -4.51. The molecule has 196 valence electrons. The maximum absolute atomic E-state index is 12.6. The number of methoxy groups -OCH3 is 3. The molecule has 1 amide bonds. The summed E-state index contributed by atoms with van der Waals surface area (Å²) in [5.74, 6) is 1.66. The molecule has 0 radical (unpaired) electrons. The molecule has 0 unspecified atom stereocenters. The number of thioether (sulfide) groups is 1. The van der Waals surface area contributed by atoms with Crippen molar-refractivity contribution >= 4 is 23.9 Å². The van der Waals surface area contributed by atoms with E-state index in [0.29, 0.717) is 10.7 Å². The van der Waals surface area contributed by atoms with Crippen LogP contribution in [0.4, 0.5) is 0 Å². The summed E-state index contributed by atoms with van der Waals surface area (Å²) in [5.41, 5.74) is 6.06. The van der Waals surface area contributed by atoms with Crippen LogP contribution in [0.3, 0.4) is 0 Å². The van der Waals surface area contributed by atoms with E-state index in [1.165, 1.54) is 32.2 Å². The van der Waals surface area contributed by atoms with E-state index in [1.807, 2.05) is 60.0 Å². The third-order valence-corrected chi connectivity index (χ3v) is 6.50. The van der Waals surface area contributed by atoms with E-state index in [0.717, 1.165) is 28.4 Å². The number of phenolic OH excluding ortho intramolecular Hbond substituents is 1. The van der Waals surface area contributed by atoms with Crippen LogP contribution in [0.15, 0.2) is 70.9 Å². The summed E-state index contributed by atoms with van der Waals surface area (Å²) in [4.78, 5) is 12.6. The zero-order valence-corrected chi connectivity index (χ0v) is 22.2. The summed E-state index contributed by atoms with van der Waals surface area (Å²) in [5, 5.41) is 22.3. The summed E-state index contributed by atoms with van der Waals surface area (Å²) >= 11 is 1.27. The lowest BCUT2D eigenvalue weighted by Gasteiger charge is -2.09. The molecule has 0 bridgehead atoms. The molecule has 11 heteroatoms. The van der Waals surface area contributed by atoms with E-state index in [-0.39, 0.29) is 28.9 Å². The number of ether oxygens (including phenoxy) is 3. The van der Waals surface area contributed by atoms with E-state index in [1.54, 1.807) is 19.2 Å². The number of aromatic amines is 1. The average molecular weight is 535 g/mol. The van der Waals surface area contributed by atoms with Gasteiger partial charge in [-0.2, -0.15) is 9.67 Å². The van der Waals surface area contributed by atoms with Crippen molar-refractivity contribution in [2.45, 2.75) is 12.1 Å². The number of hydrogen-bond donors (Lipinski definition) is 3. The number of aromatic nitrogens is 3. The lowest BCUT2D eigenvalue weighted by atomic mass is 10.2. The second kappa shape index (κ2) is 12.2. The fraction of sp³-hybridized carbons (Fsp3) is 0.185. The van der Waals surface area contributed by atoms with Crippen LogP contribution in [0.2, 0.25) is 0 Å². The molecule has 38 heavy (non-hydrogen) atoms. The highest BCUT2D eigenvalue weighted by Crippen LogP contribution is 2.36. The Bertz CT molecular complexity index is 1410. The fourth-order valence-electron chi connectivity index (χ4n) is 3.60. The van der Waals surface area contributed by atoms with Gasteiger partial charge in [0.15, 0.2) is 11.5 Å². The largest absolute Gasteiger partial charge is 0.502 e. The van der Waals surface area contributed by atoms with E-state index < -0.39 is 0 Å². The first-order chi connectivity index (χ1) is 18.4. The molecule has 10 nitrogen and oxygen atoms in total. The number of phenols is 1. The third kappa shape index (κ3) is 6.06. The van der Waals surface area contributed by atoms with E-state index in [2.05, 4.69) is 20.7 Å². The first kappa shape index (κ1) is 26.6. The van der Waals surface area contributed by atoms with Crippen molar-refractivity contribution in [1.82, 2.24) is 15.6 Å². The smallest absolute Gasteiger partial charge is 0.342 e. The SMILES string of the molecule is COc1ccc(-c2[nH]nc(SCC(=O)NN=Cc3cc(OC)c(O)c(OC)c3)[n+]2-c2ccc(C)cc2)cc1. The van der Waals surface area contributed by atoms with Crippen molar-refractivity contribution < 1.29 is 28.7 Å². The molecule has 4 rings (SSSR count). The number of H-pyrrole nitrogens is 1. The van der Waals surface area contributed by atoms with Gasteiger partial charge in [-0.25, -0.2) is 5.43 Å². The maximum atomic E-state index is 12.6. The number of carbonyl (C=O) groups is 1. The zero-order valence-electron chi connectivity index (χ0n) is 21.4. The number of carbonyl (C=O) groups excluding carboxylic acids is 1. The molecular formula is C27H28N5O5S+. The van der Waals surface area contributed by atoms with Gasteiger partial charge in [0.05, 0.1) is 44.0 Å². The number of hydrazone groups is 1. The minimum atomic E-state index is -0.312. The van der Waals surface area contributed by atoms with E-state index >= 15 is 0 Å². The quantitative estimate of drug-likeness (QED) is 0.123. The molecule has 0 saturated heterocycles. The summed E-state index contributed by atoms with van der Waals surface area (Å²) in [6.07, 6.45) is 1.44. The van der Waals surface area contributed by atoms with Gasteiger partial charge in [-0.15, -0.1) is 5.10 Å². The van der Waals surface area contributed by atoms with E-state index in [9.17, 15) is 9.90 Å². The molecule has 3 N–H and O–H groups in total. The maximum Gasteiger partial charge on any atom is 0.342 e. The summed E-state index contributed by atoms with van der Waals surface area (Å²) < 4.78 is 17.5. The Morgan fingerprint density at radius 1 is 1.05 bits per heavy atom. The Morgan fingerprint density at radius 3 is 2.32 bits per heavy atom. The number of amides is 1. The zero-order chi connectivity index (χ0) is 27.1. The van der Waals surface area contributed by atoms with Gasteiger partial charge in [0, 0.05) is 5.56 Å². The van der Waals surface area contributed by atoms with Crippen LogP contribution >= 0.6 is 11.8 Å². The van der Waals surface area contributed by atoms with Crippen LogP contribution < -0.4 is 24.2 Å². The van der Waals surface area contributed by atoms with Crippen LogP contribution in [0.1, 0.15) is 11.1 Å². The van der Waals surface area contributed by atoms with Crippen molar-refractivity contribution in [1.29, 1.82) is 0 Å². The summed E-state index contributed by atoms with van der Waals surface area (Å²) in [6.45, 7) is 2.03. The van der Waals surface area contributed by atoms with Gasteiger partial charge in [-0.3, -0.25) is 4.79 Å². The molecule has 1 aromatic heterocycles. The summed E-state index contributed by atoms with van der Waals surface area (Å²) in [6, 6.07) is 18.9. The highest BCUT2D eigenvalue weighted by molar-refractivity contribution is 7.99. The molecule has 0 spiro atoms. The number of aryl methyl sites for hydroxylation is 1. The standard InChI is InChI=1S/C27H27N5O5S/c1-17-5-9-20(10-6-17)32-26(19-7-11-21(35-2)12-8-19)30-31-27(32)38-16-24(33)29-28-15-18-13-22(36-3)25(34)23(14-18)37-4/h5-15H,16H2,1-4H3,(H2,28,29,33,34)/p+1. The van der Waals surface area contributed by atoms with Crippen molar-refractivity contribution in [3.05, 3.63) is 71.8 Å². The van der Waals surface area contributed by atoms with Crippen LogP contribution in [0.5, 0.6) is 23.0 Å². The predicted molar refractivity (Wildman–Crippen MR) is 145 cm³/mol. The second-order valence-electron chi connectivity index (χ2n) is 8.11.